The fourth-order valence-electron chi connectivity index (χ4n) is 8.89. The average Bonchev–Trinajstić information content (AvgIpc) is 3.84. The maximum Gasteiger partial charge on any atom is 0.164 e. The normalized spacial score (nSPS) is 11.7. The van der Waals surface area contributed by atoms with Crippen molar-refractivity contribution in [1.82, 2.24) is 24.1 Å². The zero-order chi connectivity index (χ0) is 39.6. The Hall–Kier alpha value is -8.15. The second-order valence-corrected chi connectivity index (χ2v) is 15.3. The van der Waals surface area contributed by atoms with E-state index in [-0.39, 0.29) is 0 Å². The van der Waals surface area contributed by atoms with Crippen LogP contribution in [0.3, 0.4) is 0 Å². The lowest BCUT2D eigenvalue weighted by Crippen LogP contribution is -2.00. The molecule has 280 valence electrons. The van der Waals surface area contributed by atoms with Gasteiger partial charge in [0, 0.05) is 49.6 Å². The van der Waals surface area contributed by atoms with Crippen molar-refractivity contribution >= 4 is 54.4 Å². The van der Waals surface area contributed by atoms with Crippen LogP contribution in [0.5, 0.6) is 0 Å². The molecular weight excluding hydrogens is 731 g/mol. The maximum atomic E-state index is 4.98. The van der Waals surface area contributed by atoms with Gasteiger partial charge in [0.15, 0.2) is 17.5 Å². The van der Waals surface area contributed by atoms with Crippen LogP contribution < -0.4 is 0 Å². The van der Waals surface area contributed by atoms with Gasteiger partial charge < -0.3 is 9.13 Å². The van der Waals surface area contributed by atoms with Gasteiger partial charge in [-0.2, -0.15) is 0 Å². The maximum absolute atomic E-state index is 4.98. The zero-order valence-corrected chi connectivity index (χ0v) is 32.4. The van der Waals surface area contributed by atoms with E-state index in [9.17, 15) is 0 Å². The molecule has 0 aliphatic carbocycles. The first-order chi connectivity index (χ1) is 29.7. The first-order valence-electron chi connectivity index (χ1n) is 20.3. The lowest BCUT2D eigenvalue weighted by Gasteiger charge is -2.11. The van der Waals surface area contributed by atoms with Gasteiger partial charge in [0.1, 0.15) is 0 Å². The summed E-state index contributed by atoms with van der Waals surface area (Å²) in [5, 5.41) is 7.21. The van der Waals surface area contributed by atoms with E-state index >= 15 is 0 Å². The molecule has 0 atom stereocenters. The van der Waals surface area contributed by atoms with Crippen LogP contribution in [0.25, 0.3) is 111 Å². The molecule has 0 bridgehead atoms. The smallest absolute Gasteiger partial charge is 0.164 e. The molecule has 5 nitrogen and oxygen atoms in total. The van der Waals surface area contributed by atoms with Gasteiger partial charge in [0.25, 0.3) is 0 Å². The number of para-hydroxylation sites is 3. The zero-order valence-electron chi connectivity index (χ0n) is 32.4. The molecule has 0 amide bonds. The van der Waals surface area contributed by atoms with Crippen LogP contribution >= 0.6 is 0 Å². The van der Waals surface area contributed by atoms with Gasteiger partial charge in [-0.15, -0.1) is 0 Å². The SMILES string of the molecule is c1ccc(-c2nc(-c3ccccc3)nc(-c3ccc4cc(-n5c6ccccc6c6cc(-c7ccc8c(c7)c7ccccc7n8-c7ccccc7)ccc65)ccc4c3)n2)cc1. The molecule has 0 saturated carbocycles. The van der Waals surface area contributed by atoms with E-state index in [4.69, 9.17) is 15.0 Å². The second kappa shape index (κ2) is 13.8. The van der Waals surface area contributed by atoms with Crippen molar-refractivity contribution in [2.24, 2.45) is 0 Å². The fourth-order valence-corrected chi connectivity index (χ4v) is 8.89. The average molecular weight is 766 g/mol. The van der Waals surface area contributed by atoms with Crippen LogP contribution in [0, 0.1) is 0 Å². The summed E-state index contributed by atoms with van der Waals surface area (Å²) >= 11 is 0. The summed E-state index contributed by atoms with van der Waals surface area (Å²) in [6.07, 6.45) is 0. The molecule has 0 fully saturated rings. The number of fused-ring (bicyclic) bond motifs is 7. The van der Waals surface area contributed by atoms with Crippen LogP contribution in [-0.2, 0) is 0 Å². The minimum Gasteiger partial charge on any atom is -0.309 e. The van der Waals surface area contributed by atoms with Crippen molar-refractivity contribution in [1.29, 1.82) is 0 Å². The summed E-state index contributed by atoms with van der Waals surface area (Å²) in [6.45, 7) is 0. The lowest BCUT2D eigenvalue weighted by molar-refractivity contribution is 1.07. The molecule has 0 unspecified atom stereocenters. The van der Waals surface area contributed by atoms with Crippen LogP contribution in [0.15, 0.2) is 212 Å². The third-order valence-corrected chi connectivity index (χ3v) is 11.7. The summed E-state index contributed by atoms with van der Waals surface area (Å²) in [7, 11) is 0. The van der Waals surface area contributed by atoms with Crippen LogP contribution in [0.2, 0.25) is 0 Å². The predicted molar refractivity (Wildman–Crippen MR) is 248 cm³/mol. The topological polar surface area (TPSA) is 48.5 Å². The minimum atomic E-state index is 0.646. The molecule has 9 aromatic carbocycles. The van der Waals surface area contributed by atoms with Crippen molar-refractivity contribution in [2.75, 3.05) is 0 Å². The van der Waals surface area contributed by atoms with Gasteiger partial charge in [-0.1, -0.05) is 146 Å². The number of nitrogens with zero attached hydrogens (tertiary/aromatic N) is 5. The summed E-state index contributed by atoms with van der Waals surface area (Å²) in [5.41, 5.74) is 12.3. The Kier molecular flexibility index (Phi) is 7.78. The van der Waals surface area contributed by atoms with Crippen molar-refractivity contribution < 1.29 is 0 Å². The summed E-state index contributed by atoms with van der Waals surface area (Å²) in [4.78, 5) is 14.8. The highest BCUT2D eigenvalue weighted by atomic mass is 15.0. The summed E-state index contributed by atoms with van der Waals surface area (Å²) in [5.74, 6) is 1.95. The van der Waals surface area contributed by atoms with Gasteiger partial charge >= 0.3 is 0 Å². The number of hydrogen-bond donors (Lipinski definition) is 0. The Bertz CT molecular complexity index is 3530. The Labute approximate surface area is 346 Å². The third kappa shape index (κ3) is 5.59. The molecular formula is C55H35N5. The quantitative estimate of drug-likeness (QED) is 0.169. The number of benzene rings is 9. The molecule has 0 saturated heterocycles. The Morgan fingerprint density at radius 1 is 0.250 bits per heavy atom. The highest BCUT2D eigenvalue weighted by Gasteiger charge is 2.17. The molecule has 0 N–H and O–H groups in total. The molecule has 0 aliphatic heterocycles. The van der Waals surface area contributed by atoms with Gasteiger partial charge in [-0.25, -0.2) is 15.0 Å². The molecule has 12 rings (SSSR count). The molecule has 3 heterocycles. The predicted octanol–water partition coefficient (Wildman–Crippen LogP) is 13.9. The van der Waals surface area contributed by atoms with Gasteiger partial charge in [0.2, 0.25) is 0 Å². The Morgan fingerprint density at radius 3 is 1.23 bits per heavy atom. The van der Waals surface area contributed by atoms with E-state index in [1.54, 1.807) is 0 Å². The summed E-state index contributed by atoms with van der Waals surface area (Å²) in [6, 6.07) is 75.3. The van der Waals surface area contributed by atoms with E-state index in [0.717, 1.165) is 38.8 Å². The number of hydrogen-bond acceptors (Lipinski definition) is 3. The first kappa shape index (κ1) is 33.9. The van der Waals surface area contributed by atoms with E-state index in [0.29, 0.717) is 17.5 Å². The molecule has 12 aromatic rings. The first-order valence-corrected chi connectivity index (χ1v) is 20.3. The van der Waals surface area contributed by atoms with Crippen LogP contribution in [0.4, 0.5) is 0 Å². The van der Waals surface area contributed by atoms with Gasteiger partial charge in [0.05, 0.1) is 22.1 Å². The molecule has 60 heavy (non-hydrogen) atoms. The van der Waals surface area contributed by atoms with Crippen LogP contribution in [-0.4, -0.2) is 24.1 Å². The van der Waals surface area contributed by atoms with Gasteiger partial charge in [-0.3, -0.25) is 0 Å². The molecule has 5 heteroatoms. The van der Waals surface area contributed by atoms with Crippen molar-refractivity contribution in [3.8, 4) is 56.7 Å². The van der Waals surface area contributed by atoms with E-state index in [2.05, 4.69) is 161 Å². The Morgan fingerprint density at radius 2 is 0.667 bits per heavy atom. The molecule has 0 radical (unpaired) electrons. The third-order valence-electron chi connectivity index (χ3n) is 11.7. The lowest BCUT2D eigenvalue weighted by atomic mass is 10.0. The summed E-state index contributed by atoms with van der Waals surface area (Å²) < 4.78 is 4.76. The number of aromatic nitrogens is 5. The van der Waals surface area contributed by atoms with Crippen molar-refractivity contribution in [3.05, 3.63) is 212 Å². The Balaban J connectivity index is 0.948. The standard InChI is InChI=1S/C55H35N5/c1-4-14-36(15-5-1)53-56-54(37-16-6-2-7-17-37)58-55(57-53)42-25-24-39-33-44(29-26-38(39)32-42)60-50-23-13-11-21-46(50)48-35-41(28-31-52(48)60)40-27-30-51-47(34-40)45-20-10-12-22-49(45)59(51)43-18-8-3-9-19-43/h1-35H. The molecule has 0 aliphatic rings. The van der Waals surface area contributed by atoms with Crippen molar-refractivity contribution in [3.63, 3.8) is 0 Å². The number of rotatable bonds is 6. The highest BCUT2D eigenvalue weighted by molar-refractivity contribution is 6.13. The monoisotopic (exact) mass is 765 g/mol. The van der Waals surface area contributed by atoms with E-state index in [1.165, 1.54) is 54.7 Å². The van der Waals surface area contributed by atoms with Crippen LogP contribution in [0.1, 0.15) is 0 Å². The minimum absolute atomic E-state index is 0.646. The molecule has 3 aromatic heterocycles. The van der Waals surface area contributed by atoms with Crippen molar-refractivity contribution in [2.45, 2.75) is 0 Å². The van der Waals surface area contributed by atoms with E-state index < -0.39 is 0 Å². The molecule has 0 spiro atoms. The largest absolute Gasteiger partial charge is 0.309 e. The van der Waals surface area contributed by atoms with E-state index in [1.807, 2.05) is 60.7 Å². The second-order valence-electron chi connectivity index (χ2n) is 15.3. The highest BCUT2D eigenvalue weighted by Crippen LogP contribution is 2.39. The van der Waals surface area contributed by atoms with Gasteiger partial charge in [-0.05, 0) is 88.6 Å². The fraction of sp³-hybridized carbons (Fsp3) is 0.